The van der Waals surface area contributed by atoms with Gasteiger partial charge in [0.2, 0.25) is 0 Å². The maximum absolute atomic E-state index is 12.4. The van der Waals surface area contributed by atoms with Crippen LogP contribution in [0.2, 0.25) is 0 Å². The summed E-state index contributed by atoms with van der Waals surface area (Å²) in [6, 6.07) is 15.4. The lowest BCUT2D eigenvalue weighted by atomic mass is 10.1. The van der Waals surface area contributed by atoms with Gasteiger partial charge in [-0.2, -0.15) is 0 Å². The smallest absolute Gasteiger partial charge is 0.306 e. The monoisotopic (exact) mass is 376 g/mol. The number of aryl methyl sites for hydroxylation is 1. The lowest BCUT2D eigenvalue weighted by Crippen LogP contribution is -2.27. The molecule has 1 aromatic heterocycles. The predicted octanol–water partition coefficient (Wildman–Crippen LogP) is 4.08. The van der Waals surface area contributed by atoms with Crippen molar-refractivity contribution in [3.05, 3.63) is 71.4 Å². The number of aromatic amines is 1. The highest BCUT2D eigenvalue weighted by atomic mass is 16.5. The summed E-state index contributed by atoms with van der Waals surface area (Å²) in [7, 11) is 0. The van der Waals surface area contributed by atoms with E-state index in [0.717, 1.165) is 48.0 Å². The Morgan fingerprint density at radius 3 is 2.54 bits per heavy atom. The molecule has 1 saturated heterocycles. The number of nitrogens with zero attached hydrogens (tertiary/aromatic N) is 1. The molecule has 2 heterocycles. The van der Waals surface area contributed by atoms with Crippen molar-refractivity contribution in [3.63, 3.8) is 0 Å². The third-order valence-corrected chi connectivity index (χ3v) is 5.27. The number of hydrogen-bond donors (Lipinski definition) is 1. The molecule has 1 aliphatic heterocycles. The molecule has 1 amide bonds. The maximum Gasteiger partial charge on any atom is 0.306 e. The number of hydrogen-bond acceptors (Lipinski definition) is 3. The van der Waals surface area contributed by atoms with Gasteiger partial charge in [-0.25, -0.2) is 0 Å². The van der Waals surface area contributed by atoms with Crippen LogP contribution in [0, 0.1) is 0 Å². The lowest BCUT2D eigenvalue weighted by molar-refractivity contribution is -0.144. The lowest BCUT2D eigenvalue weighted by Gasteiger charge is -2.15. The zero-order chi connectivity index (χ0) is 19.3. The Morgan fingerprint density at radius 1 is 1.00 bits per heavy atom. The number of esters is 1. The van der Waals surface area contributed by atoms with E-state index in [9.17, 15) is 9.59 Å². The van der Waals surface area contributed by atoms with Gasteiger partial charge in [0, 0.05) is 42.2 Å². The van der Waals surface area contributed by atoms with Crippen molar-refractivity contribution in [1.82, 2.24) is 9.88 Å². The molecule has 4 rings (SSSR count). The van der Waals surface area contributed by atoms with Gasteiger partial charge in [0.1, 0.15) is 6.61 Å². The van der Waals surface area contributed by atoms with Crippen molar-refractivity contribution in [2.45, 2.75) is 32.3 Å². The Labute approximate surface area is 164 Å². The molecule has 5 nitrogen and oxygen atoms in total. The fourth-order valence-corrected chi connectivity index (χ4v) is 3.66. The zero-order valence-corrected chi connectivity index (χ0v) is 15.8. The summed E-state index contributed by atoms with van der Waals surface area (Å²) < 4.78 is 5.39. The normalized spacial score (nSPS) is 13.8. The van der Waals surface area contributed by atoms with Gasteiger partial charge in [-0.05, 0) is 48.6 Å². The first-order chi connectivity index (χ1) is 13.7. The summed E-state index contributed by atoms with van der Waals surface area (Å²) in [6.07, 6.45) is 5.10. The van der Waals surface area contributed by atoms with Gasteiger partial charge >= 0.3 is 5.97 Å². The molecule has 0 saturated carbocycles. The zero-order valence-electron chi connectivity index (χ0n) is 15.8. The van der Waals surface area contributed by atoms with Crippen LogP contribution in [0.15, 0.2) is 54.7 Å². The quantitative estimate of drug-likeness (QED) is 0.660. The number of carbonyl (C=O) groups is 2. The van der Waals surface area contributed by atoms with E-state index in [1.807, 2.05) is 53.6 Å². The topological polar surface area (TPSA) is 62.4 Å². The van der Waals surface area contributed by atoms with Crippen LogP contribution in [0.4, 0.5) is 0 Å². The second-order valence-corrected chi connectivity index (χ2v) is 7.22. The first kappa shape index (κ1) is 18.3. The summed E-state index contributed by atoms with van der Waals surface area (Å²) >= 11 is 0. The van der Waals surface area contributed by atoms with E-state index in [2.05, 4.69) is 11.1 Å². The number of ether oxygens (including phenoxy) is 1. The number of amides is 1. The van der Waals surface area contributed by atoms with E-state index < -0.39 is 0 Å². The molecular weight excluding hydrogens is 352 g/mol. The molecule has 0 unspecified atom stereocenters. The molecule has 1 N–H and O–H groups in total. The minimum absolute atomic E-state index is 0.0831. The predicted molar refractivity (Wildman–Crippen MR) is 108 cm³/mol. The van der Waals surface area contributed by atoms with Gasteiger partial charge < -0.3 is 14.6 Å². The van der Waals surface area contributed by atoms with Crippen LogP contribution in [-0.4, -0.2) is 34.8 Å². The highest BCUT2D eigenvalue weighted by Crippen LogP contribution is 2.19. The van der Waals surface area contributed by atoms with Gasteiger partial charge in [0.25, 0.3) is 5.91 Å². The number of likely N-dealkylation sites (tertiary alicyclic amines) is 1. The first-order valence-electron chi connectivity index (χ1n) is 9.79. The van der Waals surface area contributed by atoms with Gasteiger partial charge in [-0.3, -0.25) is 9.59 Å². The fourth-order valence-electron chi connectivity index (χ4n) is 3.66. The van der Waals surface area contributed by atoms with Gasteiger partial charge in [0.15, 0.2) is 0 Å². The summed E-state index contributed by atoms with van der Waals surface area (Å²) in [6.45, 7) is 1.91. The molecule has 0 aliphatic carbocycles. The molecule has 0 radical (unpaired) electrons. The summed E-state index contributed by atoms with van der Waals surface area (Å²) in [4.78, 5) is 29.6. The number of aromatic nitrogens is 1. The number of fused-ring (bicyclic) bond motifs is 1. The number of para-hydroxylation sites is 1. The van der Waals surface area contributed by atoms with E-state index >= 15 is 0 Å². The SMILES string of the molecule is O=C(CCc1c[nH]c2ccccc12)OCc1ccc(C(=O)N2CCCC2)cc1. The standard InChI is InChI=1S/C23H24N2O3/c26-22(12-11-19-15-24-21-6-2-1-5-20(19)21)28-16-17-7-9-18(10-8-17)23(27)25-13-3-4-14-25/h1-2,5-10,15,24H,3-4,11-14,16H2. The molecule has 1 aliphatic rings. The van der Waals surface area contributed by atoms with Crippen molar-refractivity contribution in [2.75, 3.05) is 13.1 Å². The van der Waals surface area contributed by atoms with Crippen molar-refractivity contribution < 1.29 is 14.3 Å². The van der Waals surface area contributed by atoms with Crippen molar-refractivity contribution in [2.24, 2.45) is 0 Å². The molecule has 1 fully saturated rings. The van der Waals surface area contributed by atoms with Gasteiger partial charge in [-0.1, -0.05) is 30.3 Å². The second kappa shape index (κ2) is 8.30. The highest BCUT2D eigenvalue weighted by Gasteiger charge is 2.19. The number of nitrogens with one attached hydrogen (secondary N) is 1. The molecule has 0 spiro atoms. The average molecular weight is 376 g/mol. The van der Waals surface area contributed by atoms with Crippen LogP contribution in [-0.2, 0) is 22.6 Å². The average Bonchev–Trinajstić information content (AvgIpc) is 3.41. The summed E-state index contributed by atoms with van der Waals surface area (Å²) in [5.41, 5.74) is 3.78. The molecule has 2 aromatic carbocycles. The van der Waals surface area contributed by atoms with Gasteiger partial charge in [-0.15, -0.1) is 0 Å². The third kappa shape index (κ3) is 4.09. The third-order valence-electron chi connectivity index (χ3n) is 5.27. The second-order valence-electron chi connectivity index (χ2n) is 7.22. The van der Waals surface area contributed by atoms with Crippen LogP contribution in [0.5, 0.6) is 0 Å². The Hall–Kier alpha value is -3.08. The number of carbonyl (C=O) groups excluding carboxylic acids is 2. The molecule has 28 heavy (non-hydrogen) atoms. The molecule has 3 aromatic rings. The summed E-state index contributed by atoms with van der Waals surface area (Å²) in [5.74, 6) is -0.137. The number of H-pyrrole nitrogens is 1. The largest absolute Gasteiger partial charge is 0.461 e. The Kier molecular flexibility index (Phi) is 5.42. The van der Waals surface area contributed by atoms with Crippen LogP contribution in [0.1, 0.15) is 40.7 Å². The van der Waals surface area contributed by atoms with E-state index in [1.165, 1.54) is 0 Å². The fraction of sp³-hybridized carbons (Fsp3) is 0.304. The highest BCUT2D eigenvalue weighted by molar-refractivity contribution is 5.94. The number of benzene rings is 2. The molecular formula is C23H24N2O3. The van der Waals surface area contributed by atoms with E-state index in [4.69, 9.17) is 4.74 Å². The van der Waals surface area contributed by atoms with E-state index in [-0.39, 0.29) is 18.5 Å². The van der Waals surface area contributed by atoms with Crippen molar-refractivity contribution >= 4 is 22.8 Å². The Balaban J connectivity index is 1.27. The van der Waals surface area contributed by atoms with E-state index in [1.54, 1.807) is 0 Å². The Bertz CT molecular complexity index is 969. The van der Waals surface area contributed by atoms with Crippen LogP contribution in [0.25, 0.3) is 10.9 Å². The molecule has 0 atom stereocenters. The van der Waals surface area contributed by atoms with E-state index in [0.29, 0.717) is 18.4 Å². The van der Waals surface area contributed by atoms with Gasteiger partial charge in [0.05, 0.1) is 0 Å². The molecule has 144 valence electrons. The number of rotatable bonds is 6. The molecule has 5 heteroatoms. The minimum atomic E-state index is -0.220. The van der Waals surface area contributed by atoms with Crippen LogP contribution in [0.3, 0.4) is 0 Å². The maximum atomic E-state index is 12.4. The van der Waals surface area contributed by atoms with Crippen LogP contribution >= 0.6 is 0 Å². The van der Waals surface area contributed by atoms with Crippen molar-refractivity contribution in [3.8, 4) is 0 Å². The Morgan fingerprint density at radius 2 is 1.75 bits per heavy atom. The van der Waals surface area contributed by atoms with Crippen molar-refractivity contribution in [1.29, 1.82) is 0 Å². The first-order valence-corrected chi connectivity index (χ1v) is 9.79. The van der Waals surface area contributed by atoms with Crippen LogP contribution < -0.4 is 0 Å². The minimum Gasteiger partial charge on any atom is -0.461 e. The molecule has 0 bridgehead atoms. The summed E-state index contributed by atoms with van der Waals surface area (Å²) in [5, 5.41) is 1.15.